The van der Waals surface area contributed by atoms with Gasteiger partial charge >= 0.3 is 13.1 Å². The van der Waals surface area contributed by atoms with Crippen molar-refractivity contribution in [3.05, 3.63) is 125 Å². The number of benzene rings is 3. The summed E-state index contributed by atoms with van der Waals surface area (Å²) in [4.78, 5) is 12.0. The molecule has 5 rings (SSSR count). The smallest absolute Gasteiger partial charge is 0.488 e. The molecule has 0 aromatic heterocycles. The number of fused-ring (bicyclic) bond motifs is 2. The highest BCUT2D eigenvalue weighted by Gasteiger charge is 2.37. The van der Waals surface area contributed by atoms with E-state index in [0.717, 1.165) is 22.3 Å². The summed E-state index contributed by atoms with van der Waals surface area (Å²) >= 11 is 0. The largest absolute Gasteiger partial charge is 0.489 e. The Hall–Kier alpha value is -4.07. The second-order valence-corrected chi connectivity index (χ2v) is 8.58. The first-order valence-electron chi connectivity index (χ1n) is 11.2. The average molecular weight is 466 g/mol. The van der Waals surface area contributed by atoms with Crippen molar-refractivity contribution in [1.82, 2.24) is 0 Å². The second-order valence-electron chi connectivity index (χ2n) is 8.58. The number of rotatable bonds is 6. The van der Waals surface area contributed by atoms with Crippen LogP contribution in [0.5, 0.6) is 11.5 Å². The SMILES string of the molecule is C=C1C=CC2C(=C1)Oc1cc(OCc3ccc(B(O)O)cc3)ccc1C2c1ccccc1C(=O)O. The van der Waals surface area contributed by atoms with Gasteiger partial charge in [0, 0.05) is 23.5 Å². The zero-order valence-corrected chi connectivity index (χ0v) is 18.8. The number of carboxylic acid groups (broad SMARTS) is 1. The van der Waals surface area contributed by atoms with Gasteiger partial charge in [-0.2, -0.15) is 0 Å². The van der Waals surface area contributed by atoms with E-state index in [0.29, 0.717) is 22.7 Å². The number of hydrogen-bond donors (Lipinski definition) is 3. The van der Waals surface area contributed by atoms with Gasteiger partial charge in [0.15, 0.2) is 0 Å². The summed E-state index contributed by atoms with van der Waals surface area (Å²) in [5, 5.41) is 28.3. The van der Waals surface area contributed by atoms with E-state index in [1.807, 2.05) is 48.6 Å². The van der Waals surface area contributed by atoms with Crippen molar-refractivity contribution in [2.45, 2.75) is 12.5 Å². The van der Waals surface area contributed by atoms with E-state index in [-0.39, 0.29) is 24.0 Å². The van der Waals surface area contributed by atoms with Crippen LogP contribution in [0.25, 0.3) is 0 Å². The molecule has 2 aliphatic rings. The molecule has 7 heteroatoms. The molecular weight excluding hydrogens is 443 g/mol. The van der Waals surface area contributed by atoms with E-state index in [9.17, 15) is 19.9 Å². The molecule has 0 spiro atoms. The molecule has 2 atom stereocenters. The van der Waals surface area contributed by atoms with Gasteiger partial charge in [0.1, 0.15) is 23.9 Å². The molecule has 2 unspecified atom stereocenters. The second kappa shape index (κ2) is 9.29. The maximum Gasteiger partial charge on any atom is 0.488 e. The number of allylic oxidation sites excluding steroid dienone is 4. The maximum absolute atomic E-state index is 12.0. The Morgan fingerprint density at radius 2 is 1.80 bits per heavy atom. The highest BCUT2D eigenvalue weighted by Crippen LogP contribution is 2.49. The van der Waals surface area contributed by atoms with Gasteiger partial charge in [-0.15, -0.1) is 0 Å². The van der Waals surface area contributed by atoms with Crippen LogP contribution in [0, 0.1) is 5.92 Å². The summed E-state index contributed by atoms with van der Waals surface area (Å²) in [5.41, 5.74) is 3.96. The zero-order valence-electron chi connectivity index (χ0n) is 18.8. The number of hydrogen-bond acceptors (Lipinski definition) is 5. The minimum absolute atomic E-state index is 0.152. The number of carbonyl (C=O) groups is 1. The van der Waals surface area contributed by atoms with E-state index in [4.69, 9.17) is 9.47 Å². The molecule has 35 heavy (non-hydrogen) atoms. The van der Waals surface area contributed by atoms with Gasteiger partial charge in [-0.3, -0.25) is 0 Å². The molecular formula is C28H23BO6. The van der Waals surface area contributed by atoms with Gasteiger partial charge in [-0.1, -0.05) is 67.3 Å². The fourth-order valence-corrected chi connectivity index (χ4v) is 4.57. The van der Waals surface area contributed by atoms with Crippen LogP contribution < -0.4 is 14.9 Å². The fraction of sp³-hybridized carbons (Fsp3) is 0.107. The topological polar surface area (TPSA) is 96.2 Å². The number of aromatic carboxylic acids is 1. The van der Waals surface area contributed by atoms with Gasteiger partial charge < -0.3 is 24.6 Å². The van der Waals surface area contributed by atoms with E-state index < -0.39 is 13.1 Å². The van der Waals surface area contributed by atoms with Crippen molar-refractivity contribution < 1.29 is 29.4 Å². The highest BCUT2D eigenvalue weighted by molar-refractivity contribution is 6.58. The third kappa shape index (κ3) is 4.51. The van der Waals surface area contributed by atoms with Crippen LogP contribution in [0.4, 0.5) is 0 Å². The Kier molecular flexibility index (Phi) is 6.03. The molecule has 1 aliphatic heterocycles. The van der Waals surface area contributed by atoms with Crippen molar-refractivity contribution in [3.8, 4) is 11.5 Å². The van der Waals surface area contributed by atoms with Crippen LogP contribution in [0.1, 0.15) is 33.0 Å². The minimum Gasteiger partial charge on any atom is -0.489 e. The summed E-state index contributed by atoms with van der Waals surface area (Å²) in [6, 6.07) is 19.5. The van der Waals surface area contributed by atoms with Crippen LogP contribution in [0.15, 0.2) is 103 Å². The molecule has 0 fully saturated rings. The van der Waals surface area contributed by atoms with E-state index in [1.54, 1.807) is 36.4 Å². The molecule has 0 saturated carbocycles. The molecule has 0 bridgehead atoms. The number of carboxylic acids is 1. The zero-order chi connectivity index (χ0) is 24.5. The molecule has 3 aromatic rings. The molecule has 1 aliphatic carbocycles. The average Bonchev–Trinajstić information content (AvgIpc) is 2.86. The van der Waals surface area contributed by atoms with Crippen molar-refractivity contribution in [2.75, 3.05) is 0 Å². The number of ether oxygens (including phenoxy) is 2. The van der Waals surface area contributed by atoms with Crippen molar-refractivity contribution in [2.24, 2.45) is 5.92 Å². The van der Waals surface area contributed by atoms with Crippen LogP contribution in [-0.2, 0) is 6.61 Å². The molecule has 174 valence electrons. The van der Waals surface area contributed by atoms with E-state index in [1.165, 1.54) is 0 Å². The lowest BCUT2D eigenvalue weighted by atomic mass is 9.74. The third-order valence-corrected chi connectivity index (χ3v) is 6.29. The molecule has 0 saturated heterocycles. The molecule has 6 nitrogen and oxygen atoms in total. The first-order valence-corrected chi connectivity index (χ1v) is 11.2. The van der Waals surface area contributed by atoms with Crippen LogP contribution in [0.3, 0.4) is 0 Å². The lowest BCUT2D eigenvalue weighted by molar-refractivity contribution is 0.0695. The van der Waals surface area contributed by atoms with Crippen LogP contribution >= 0.6 is 0 Å². The summed E-state index contributed by atoms with van der Waals surface area (Å²) in [7, 11) is -1.51. The maximum atomic E-state index is 12.0. The Balaban J connectivity index is 1.48. The predicted molar refractivity (Wildman–Crippen MR) is 133 cm³/mol. The van der Waals surface area contributed by atoms with Gasteiger partial charge in [0.2, 0.25) is 0 Å². The predicted octanol–water partition coefficient (Wildman–Crippen LogP) is 3.79. The van der Waals surface area contributed by atoms with Gasteiger partial charge in [-0.05, 0) is 40.4 Å². The monoisotopic (exact) mass is 466 g/mol. The van der Waals surface area contributed by atoms with Crippen molar-refractivity contribution in [3.63, 3.8) is 0 Å². The first-order chi connectivity index (χ1) is 16.9. The fourth-order valence-electron chi connectivity index (χ4n) is 4.57. The molecule has 3 N–H and O–H groups in total. The Morgan fingerprint density at radius 3 is 2.54 bits per heavy atom. The van der Waals surface area contributed by atoms with Crippen molar-refractivity contribution >= 4 is 18.6 Å². The lowest BCUT2D eigenvalue weighted by Gasteiger charge is -2.36. The normalized spacial score (nSPS) is 18.1. The van der Waals surface area contributed by atoms with Crippen molar-refractivity contribution in [1.29, 1.82) is 0 Å². The minimum atomic E-state index is -1.51. The van der Waals surface area contributed by atoms with Crippen LogP contribution in [0.2, 0.25) is 0 Å². The van der Waals surface area contributed by atoms with Gasteiger partial charge in [0.05, 0.1) is 5.56 Å². The quantitative estimate of drug-likeness (QED) is 0.479. The lowest BCUT2D eigenvalue weighted by Crippen LogP contribution is -2.29. The standard InChI is InChI=1S/C28H23BO6/c1-17-6-12-23-25(14-17)35-26-15-20(34-16-18-7-9-19(10-8-18)29(32)33)11-13-24(26)27(23)21-4-2-3-5-22(21)28(30)31/h2-15,23,27,32-33H,1,16H2,(H,30,31). The van der Waals surface area contributed by atoms with Crippen LogP contribution in [-0.4, -0.2) is 28.2 Å². The Labute approximate surface area is 203 Å². The van der Waals surface area contributed by atoms with E-state index in [2.05, 4.69) is 6.58 Å². The summed E-state index contributed by atoms with van der Waals surface area (Å²) in [6.07, 6.45) is 5.83. The van der Waals surface area contributed by atoms with Gasteiger partial charge in [0.25, 0.3) is 0 Å². The molecule has 0 amide bonds. The summed E-state index contributed by atoms with van der Waals surface area (Å²) < 4.78 is 12.2. The molecule has 1 heterocycles. The Morgan fingerprint density at radius 1 is 1.03 bits per heavy atom. The Bertz CT molecular complexity index is 1360. The summed E-state index contributed by atoms with van der Waals surface area (Å²) in [6.45, 7) is 4.30. The first kappa shape index (κ1) is 22.7. The third-order valence-electron chi connectivity index (χ3n) is 6.29. The highest BCUT2D eigenvalue weighted by atomic mass is 16.5. The molecule has 0 radical (unpaired) electrons. The van der Waals surface area contributed by atoms with E-state index >= 15 is 0 Å². The molecule has 3 aromatic carbocycles. The van der Waals surface area contributed by atoms with Gasteiger partial charge in [-0.25, -0.2) is 4.79 Å². The summed E-state index contributed by atoms with van der Waals surface area (Å²) in [5.74, 6) is 0.559.